The molecule has 0 unspecified atom stereocenters. The highest BCUT2D eigenvalue weighted by Gasteiger charge is 2.10. The molecule has 3 rings (SSSR count). The van der Waals surface area contributed by atoms with Crippen molar-refractivity contribution in [1.29, 1.82) is 5.26 Å². The standard InChI is InChI=1S/C12H8N4S/c1-8-15-10-7-14-5-4-11(10)16(8)12-3-2-9(6-13)17-12/h2-5,7H,1H3. The van der Waals surface area contributed by atoms with Crippen LogP contribution >= 0.6 is 11.3 Å². The maximum Gasteiger partial charge on any atom is 0.112 e. The Bertz CT molecular complexity index is 732. The Morgan fingerprint density at radius 3 is 3.00 bits per heavy atom. The van der Waals surface area contributed by atoms with Crippen molar-refractivity contribution in [1.82, 2.24) is 14.5 Å². The summed E-state index contributed by atoms with van der Waals surface area (Å²) in [4.78, 5) is 9.21. The fraction of sp³-hybridized carbons (Fsp3) is 0.0833. The molecule has 3 aromatic heterocycles. The van der Waals surface area contributed by atoms with Crippen LogP contribution in [-0.4, -0.2) is 14.5 Å². The van der Waals surface area contributed by atoms with Gasteiger partial charge < -0.3 is 0 Å². The van der Waals surface area contributed by atoms with E-state index in [1.807, 2.05) is 29.7 Å². The molecule has 0 bridgehead atoms. The molecule has 0 aliphatic carbocycles. The lowest BCUT2D eigenvalue weighted by Gasteiger charge is -2.01. The summed E-state index contributed by atoms with van der Waals surface area (Å²) in [7, 11) is 0. The molecule has 82 valence electrons. The first-order valence-electron chi connectivity index (χ1n) is 5.09. The second-order valence-corrected chi connectivity index (χ2v) is 4.67. The summed E-state index contributed by atoms with van der Waals surface area (Å²) >= 11 is 1.46. The second-order valence-electron chi connectivity index (χ2n) is 3.61. The average Bonchev–Trinajstić information content (AvgIpc) is 2.91. The number of nitrogens with zero attached hydrogens (tertiary/aromatic N) is 4. The van der Waals surface area contributed by atoms with Gasteiger partial charge in [-0.1, -0.05) is 0 Å². The zero-order valence-electron chi connectivity index (χ0n) is 9.08. The average molecular weight is 240 g/mol. The molecule has 0 atom stereocenters. The highest BCUT2D eigenvalue weighted by molar-refractivity contribution is 7.15. The van der Waals surface area contributed by atoms with E-state index in [1.54, 1.807) is 12.4 Å². The smallest absolute Gasteiger partial charge is 0.112 e. The van der Waals surface area contributed by atoms with Gasteiger partial charge >= 0.3 is 0 Å². The highest BCUT2D eigenvalue weighted by Crippen LogP contribution is 2.25. The van der Waals surface area contributed by atoms with Crippen LogP contribution in [0.4, 0.5) is 0 Å². The number of pyridine rings is 1. The van der Waals surface area contributed by atoms with Crippen LogP contribution in [0.5, 0.6) is 0 Å². The van der Waals surface area contributed by atoms with Crippen molar-refractivity contribution in [3.63, 3.8) is 0 Å². The molecule has 0 spiro atoms. The lowest BCUT2D eigenvalue weighted by molar-refractivity contribution is 1.02. The minimum absolute atomic E-state index is 0.704. The van der Waals surface area contributed by atoms with Crippen molar-refractivity contribution in [2.75, 3.05) is 0 Å². The molecule has 3 heterocycles. The van der Waals surface area contributed by atoms with Crippen LogP contribution in [-0.2, 0) is 0 Å². The highest BCUT2D eigenvalue weighted by atomic mass is 32.1. The minimum atomic E-state index is 0.704. The molecule has 4 nitrogen and oxygen atoms in total. The molecule has 0 aliphatic rings. The number of imidazole rings is 1. The summed E-state index contributed by atoms with van der Waals surface area (Å²) in [6, 6.07) is 7.85. The molecule has 0 radical (unpaired) electrons. The van der Waals surface area contributed by atoms with E-state index in [0.717, 1.165) is 21.9 Å². The number of thiophene rings is 1. The Kier molecular flexibility index (Phi) is 2.16. The van der Waals surface area contributed by atoms with Crippen molar-refractivity contribution in [2.24, 2.45) is 0 Å². The first-order chi connectivity index (χ1) is 8.29. The molecule has 0 aliphatic heterocycles. The van der Waals surface area contributed by atoms with Crippen LogP contribution in [0.1, 0.15) is 10.7 Å². The predicted octanol–water partition coefficient (Wildman–Crippen LogP) is 2.66. The van der Waals surface area contributed by atoms with E-state index in [1.165, 1.54) is 11.3 Å². The largest absolute Gasteiger partial charge is 0.287 e. The van der Waals surface area contributed by atoms with Gasteiger partial charge in [-0.15, -0.1) is 11.3 Å². The number of aryl methyl sites for hydroxylation is 1. The third-order valence-corrected chi connectivity index (χ3v) is 3.52. The number of nitriles is 1. The Morgan fingerprint density at radius 1 is 1.35 bits per heavy atom. The SMILES string of the molecule is Cc1nc2cnccc2n1-c1ccc(C#N)s1. The van der Waals surface area contributed by atoms with Crippen molar-refractivity contribution >= 4 is 22.4 Å². The van der Waals surface area contributed by atoms with Gasteiger partial charge in [0.2, 0.25) is 0 Å². The molecule has 0 fully saturated rings. The summed E-state index contributed by atoms with van der Waals surface area (Å²) < 4.78 is 2.04. The van der Waals surface area contributed by atoms with Crippen molar-refractivity contribution in [2.45, 2.75) is 6.92 Å². The maximum absolute atomic E-state index is 8.86. The van der Waals surface area contributed by atoms with E-state index in [0.29, 0.717) is 4.88 Å². The van der Waals surface area contributed by atoms with Gasteiger partial charge in [0.05, 0.1) is 11.7 Å². The molecule has 17 heavy (non-hydrogen) atoms. The van der Waals surface area contributed by atoms with E-state index in [9.17, 15) is 0 Å². The number of hydrogen-bond acceptors (Lipinski definition) is 4. The van der Waals surface area contributed by atoms with E-state index >= 15 is 0 Å². The Morgan fingerprint density at radius 2 is 2.24 bits per heavy atom. The lowest BCUT2D eigenvalue weighted by atomic mass is 10.4. The topological polar surface area (TPSA) is 54.5 Å². The van der Waals surface area contributed by atoms with Gasteiger partial charge in [-0.2, -0.15) is 5.26 Å². The van der Waals surface area contributed by atoms with E-state index in [-0.39, 0.29) is 0 Å². The van der Waals surface area contributed by atoms with Crippen LogP contribution in [0.2, 0.25) is 0 Å². The Balaban J connectivity index is 2.30. The summed E-state index contributed by atoms with van der Waals surface area (Å²) in [6.07, 6.45) is 3.50. The molecular formula is C12H8N4S. The summed E-state index contributed by atoms with van der Waals surface area (Å²) in [6.45, 7) is 1.95. The van der Waals surface area contributed by atoms with Gasteiger partial charge in [-0.25, -0.2) is 4.98 Å². The fourth-order valence-electron chi connectivity index (χ4n) is 1.84. The van der Waals surface area contributed by atoms with E-state index in [4.69, 9.17) is 5.26 Å². The second kappa shape index (κ2) is 3.68. The van der Waals surface area contributed by atoms with Crippen molar-refractivity contribution < 1.29 is 0 Å². The van der Waals surface area contributed by atoms with Crippen LogP contribution in [0.15, 0.2) is 30.6 Å². The van der Waals surface area contributed by atoms with Gasteiger partial charge in [-0.05, 0) is 25.1 Å². The zero-order chi connectivity index (χ0) is 11.8. The van der Waals surface area contributed by atoms with E-state index in [2.05, 4.69) is 16.0 Å². The van der Waals surface area contributed by atoms with Gasteiger partial charge in [0.25, 0.3) is 0 Å². The van der Waals surface area contributed by atoms with Crippen molar-refractivity contribution in [3.05, 3.63) is 41.3 Å². The first kappa shape index (κ1) is 10.00. The first-order valence-corrected chi connectivity index (χ1v) is 5.90. The minimum Gasteiger partial charge on any atom is -0.287 e. The Hall–Kier alpha value is -2.19. The molecule has 5 heteroatoms. The third-order valence-electron chi connectivity index (χ3n) is 2.55. The molecule has 3 aromatic rings. The number of aromatic nitrogens is 3. The Labute approximate surface area is 102 Å². The molecule has 0 saturated carbocycles. The van der Waals surface area contributed by atoms with Gasteiger partial charge in [-0.3, -0.25) is 9.55 Å². The fourth-order valence-corrected chi connectivity index (χ4v) is 2.70. The number of hydrogen-bond donors (Lipinski definition) is 0. The number of fused-ring (bicyclic) bond motifs is 1. The normalized spacial score (nSPS) is 10.6. The van der Waals surface area contributed by atoms with Crippen LogP contribution in [0.3, 0.4) is 0 Å². The number of rotatable bonds is 1. The summed E-state index contributed by atoms with van der Waals surface area (Å²) in [5, 5.41) is 9.86. The summed E-state index contributed by atoms with van der Waals surface area (Å²) in [5.74, 6) is 0.902. The maximum atomic E-state index is 8.86. The third kappa shape index (κ3) is 1.50. The van der Waals surface area contributed by atoms with Crippen LogP contribution in [0.25, 0.3) is 16.0 Å². The lowest BCUT2D eigenvalue weighted by Crippen LogP contribution is -1.93. The summed E-state index contributed by atoms with van der Waals surface area (Å²) in [5.41, 5.74) is 1.89. The van der Waals surface area contributed by atoms with E-state index < -0.39 is 0 Å². The van der Waals surface area contributed by atoms with Gasteiger partial charge in [0, 0.05) is 6.20 Å². The van der Waals surface area contributed by atoms with Crippen LogP contribution in [0, 0.1) is 18.3 Å². The molecule has 0 saturated heterocycles. The van der Waals surface area contributed by atoms with Gasteiger partial charge in [0.15, 0.2) is 0 Å². The zero-order valence-corrected chi connectivity index (χ0v) is 9.90. The molecule has 0 amide bonds. The van der Waals surface area contributed by atoms with Gasteiger partial charge in [0.1, 0.15) is 27.3 Å². The molecule has 0 N–H and O–H groups in total. The monoisotopic (exact) mass is 240 g/mol. The predicted molar refractivity (Wildman–Crippen MR) is 66.2 cm³/mol. The molecule has 0 aromatic carbocycles. The van der Waals surface area contributed by atoms with Crippen LogP contribution < -0.4 is 0 Å². The molecular weight excluding hydrogens is 232 g/mol. The quantitative estimate of drug-likeness (QED) is 0.657. The van der Waals surface area contributed by atoms with Crippen molar-refractivity contribution in [3.8, 4) is 11.1 Å².